The molecule has 0 radical (unpaired) electrons. The van der Waals surface area contributed by atoms with Gasteiger partial charge in [-0.05, 0) is 48.9 Å². The Bertz CT molecular complexity index is 668. The minimum absolute atomic E-state index is 0.583. The monoisotopic (exact) mass is 282 g/mol. The molecular weight excluding hydrogens is 262 g/mol. The molecule has 2 aromatic heterocycles. The van der Waals surface area contributed by atoms with Crippen LogP contribution in [0.4, 0.5) is 5.82 Å². The van der Waals surface area contributed by atoms with E-state index in [2.05, 4.69) is 23.3 Å². The summed E-state index contributed by atoms with van der Waals surface area (Å²) in [7, 11) is 0. The van der Waals surface area contributed by atoms with Crippen LogP contribution in [0.3, 0.4) is 0 Å². The summed E-state index contributed by atoms with van der Waals surface area (Å²) in [5, 5.41) is 12.9. The van der Waals surface area contributed by atoms with Crippen LogP contribution in [0.2, 0.25) is 0 Å². The van der Waals surface area contributed by atoms with Crippen LogP contribution >= 0.6 is 0 Å². The Morgan fingerprint density at radius 3 is 2.81 bits per heavy atom. The summed E-state index contributed by atoms with van der Waals surface area (Å²) in [6, 6.07) is 6.18. The third-order valence-corrected chi connectivity index (χ3v) is 4.14. The fourth-order valence-electron chi connectivity index (χ4n) is 3.10. The van der Waals surface area contributed by atoms with Crippen molar-refractivity contribution in [3.63, 3.8) is 0 Å². The van der Waals surface area contributed by atoms with Crippen molar-refractivity contribution in [2.75, 3.05) is 5.32 Å². The molecule has 108 valence electrons. The first-order valence-corrected chi connectivity index (χ1v) is 7.59. The van der Waals surface area contributed by atoms with Gasteiger partial charge < -0.3 is 4.42 Å². The number of aromatic nitrogens is 1. The molecule has 1 aliphatic rings. The van der Waals surface area contributed by atoms with E-state index in [-0.39, 0.29) is 0 Å². The predicted molar refractivity (Wildman–Crippen MR) is 79.8 cm³/mol. The zero-order valence-corrected chi connectivity index (χ0v) is 12.3. The van der Waals surface area contributed by atoms with E-state index in [1.54, 1.807) is 6.26 Å². The number of nitrogens with zero attached hydrogens (tertiary/aromatic N) is 1. The van der Waals surface area contributed by atoms with Crippen LogP contribution in [-0.2, 0) is 25.8 Å². The van der Waals surface area contributed by atoms with E-state index in [1.807, 2.05) is 12.1 Å². The number of anilines is 1. The Labute approximate surface area is 124 Å². The largest absolute Gasteiger partial charge is 0.465 e. The van der Waals surface area contributed by atoms with E-state index < -0.39 is 0 Å². The maximum atomic E-state index is 9.56. The van der Waals surface area contributed by atoms with Crippen LogP contribution < -0.4 is 10.3 Å². The first kappa shape index (κ1) is 13.7. The van der Waals surface area contributed by atoms with Crippen LogP contribution in [0.1, 0.15) is 47.9 Å². The van der Waals surface area contributed by atoms with Crippen molar-refractivity contribution in [1.82, 2.24) is 0 Å². The maximum Gasteiger partial charge on any atom is 0.291 e. The van der Waals surface area contributed by atoms with E-state index in [9.17, 15) is 5.26 Å². The number of hydrogen-bond donors (Lipinski definition) is 1. The number of hydrogen-bond acceptors (Lipinski definition) is 3. The molecule has 0 amide bonds. The summed E-state index contributed by atoms with van der Waals surface area (Å²) in [5.41, 5.74) is 4.63. The van der Waals surface area contributed by atoms with Gasteiger partial charge in [-0.2, -0.15) is 5.26 Å². The van der Waals surface area contributed by atoms with Gasteiger partial charge in [0, 0.05) is 6.42 Å². The molecule has 2 N–H and O–H groups in total. The molecule has 0 atom stereocenters. The summed E-state index contributed by atoms with van der Waals surface area (Å²) in [4.78, 5) is 3.43. The normalized spacial score (nSPS) is 13.5. The van der Waals surface area contributed by atoms with Crippen LogP contribution in [0.15, 0.2) is 22.8 Å². The molecule has 2 aromatic rings. The molecule has 0 saturated heterocycles. The van der Waals surface area contributed by atoms with E-state index in [0.717, 1.165) is 36.4 Å². The highest BCUT2D eigenvalue weighted by atomic mass is 16.3. The number of pyridine rings is 1. The Kier molecular flexibility index (Phi) is 3.92. The molecule has 0 aliphatic heterocycles. The third-order valence-electron chi connectivity index (χ3n) is 4.14. The van der Waals surface area contributed by atoms with Crippen LogP contribution in [-0.4, -0.2) is 0 Å². The van der Waals surface area contributed by atoms with Gasteiger partial charge in [-0.3, -0.25) is 5.32 Å². The van der Waals surface area contributed by atoms with Crippen LogP contribution in [0.25, 0.3) is 0 Å². The summed E-state index contributed by atoms with van der Waals surface area (Å²) in [5.74, 6) is 1.69. The van der Waals surface area contributed by atoms with Gasteiger partial charge in [-0.1, -0.05) is 6.92 Å². The molecule has 1 aliphatic carbocycles. The molecule has 4 heteroatoms. The molecule has 0 unspecified atom stereocenters. The van der Waals surface area contributed by atoms with E-state index in [4.69, 9.17) is 4.42 Å². The van der Waals surface area contributed by atoms with E-state index in [0.29, 0.717) is 6.54 Å². The van der Waals surface area contributed by atoms with Crippen molar-refractivity contribution in [3.05, 3.63) is 46.5 Å². The van der Waals surface area contributed by atoms with Gasteiger partial charge >= 0.3 is 0 Å². The highest BCUT2D eigenvalue weighted by Gasteiger charge is 2.24. The number of aromatic amines is 1. The van der Waals surface area contributed by atoms with Gasteiger partial charge in [0.2, 0.25) is 0 Å². The van der Waals surface area contributed by atoms with Crippen molar-refractivity contribution in [3.8, 4) is 6.07 Å². The van der Waals surface area contributed by atoms with Gasteiger partial charge in [-0.25, -0.2) is 4.98 Å². The fraction of sp³-hybridized carbons (Fsp3) is 0.412. The van der Waals surface area contributed by atoms with Crippen molar-refractivity contribution in [1.29, 1.82) is 5.26 Å². The Hall–Kier alpha value is -2.28. The number of aryl methyl sites for hydroxylation is 1. The molecule has 0 spiro atoms. The Morgan fingerprint density at radius 2 is 2.14 bits per heavy atom. The molecule has 2 heterocycles. The first-order chi connectivity index (χ1) is 10.3. The molecule has 21 heavy (non-hydrogen) atoms. The second-order valence-electron chi connectivity index (χ2n) is 5.42. The maximum absolute atomic E-state index is 9.56. The topological polar surface area (TPSA) is 63.1 Å². The second-order valence-corrected chi connectivity index (χ2v) is 5.42. The molecule has 0 saturated carbocycles. The van der Waals surface area contributed by atoms with Crippen molar-refractivity contribution in [2.24, 2.45) is 0 Å². The number of H-pyrrole nitrogens is 1. The van der Waals surface area contributed by atoms with Crippen LogP contribution in [0.5, 0.6) is 0 Å². The average molecular weight is 282 g/mol. The lowest BCUT2D eigenvalue weighted by molar-refractivity contribution is -0.374. The number of nitrogens with one attached hydrogen (secondary N) is 2. The van der Waals surface area contributed by atoms with Crippen molar-refractivity contribution < 1.29 is 9.40 Å². The molecule has 0 fully saturated rings. The lowest BCUT2D eigenvalue weighted by Gasteiger charge is -2.19. The SMILES string of the molecule is CCc1[nH+]c(NCc2ccco2)c(C#N)c2c1CCCC2. The van der Waals surface area contributed by atoms with Gasteiger partial charge in [0.05, 0.1) is 6.26 Å². The predicted octanol–water partition coefficient (Wildman–Crippen LogP) is 3.02. The number of nitriles is 1. The lowest BCUT2D eigenvalue weighted by atomic mass is 9.87. The van der Waals surface area contributed by atoms with Crippen LogP contribution in [0, 0.1) is 11.3 Å². The van der Waals surface area contributed by atoms with Gasteiger partial charge in [0.15, 0.2) is 0 Å². The van der Waals surface area contributed by atoms with E-state index in [1.165, 1.54) is 29.7 Å². The number of rotatable bonds is 4. The molecule has 0 aromatic carbocycles. The van der Waals surface area contributed by atoms with Gasteiger partial charge in [0.25, 0.3) is 5.82 Å². The van der Waals surface area contributed by atoms with Gasteiger partial charge in [-0.15, -0.1) is 0 Å². The van der Waals surface area contributed by atoms with Gasteiger partial charge in [0.1, 0.15) is 29.6 Å². The molecule has 0 bridgehead atoms. The summed E-state index contributed by atoms with van der Waals surface area (Å²) in [6.07, 6.45) is 7.11. The third kappa shape index (κ3) is 2.64. The summed E-state index contributed by atoms with van der Waals surface area (Å²) < 4.78 is 5.34. The van der Waals surface area contributed by atoms with Crippen molar-refractivity contribution >= 4 is 5.82 Å². The standard InChI is InChI=1S/C17H19N3O/c1-2-16-14-8-4-3-7-13(14)15(10-18)17(20-16)19-11-12-6-5-9-21-12/h5-6,9H,2-4,7-8,11H2,1H3,(H,19,20)/p+1. The average Bonchev–Trinajstić information content (AvgIpc) is 3.05. The zero-order chi connectivity index (χ0) is 14.7. The minimum Gasteiger partial charge on any atom is -0.465 e. The highest BCUT2D eigenvalue weighted by Crippen LogP contribution is 2.28. The Morgan fingerprint density at radius 1 is 1.33 bits per heavy atom. The number of fused-ring (bicyclic) bond motifs is 1. The minimum atomic E-state index is 0.583. The quantitative estimate of drug-likeness (QED) is 0.937. The fourth-order valence-corrected chi connectivity index (χ4v) is 3.10. The zero-order valence-electron chi connectivity index (χ0n) is 12.3. The smallest absolute Gasteiger partial charge is 0.291 e. The highest BCUT2D eigenvalue weighted by molar-refractivity contribution is 5.56. The number of furan rings is 1. The van der Waals surface area contributed by atoms with E-state index >= 15 is 0 Å². The summed E-state index contributed by atoms with van der Waals surface area (Å²) >= 11 is 0. The Balaban J connectivity index is 1.97. The first-order valence-electron chi connectivity index (χ1n) is 7.59. The van der Waals surface area contributed by atoms with Crippen molar-refractivity contribution in [2.45, 2.75) is 45.6 Å². The molecule has 3 rings (SSSR count). The molecule has 4 nitrogen and oxygen atoms in total. The lowest BCUT2D eigenvalue weighted by Crippen LogP contribution is -2.25. The molecular formula is C17H20N3O+. The summed E-state index contributed by atoms with van der Waals surface area (Å²) in [6.45, 7) is 2.74. The second kappa shape index (κ2) is 6.01.